The maximum Gasteiger partial charge on any atom is 0.0533 e. The Morgan fingerprint density at radius 3 is 2.76 bits per heavy atom. The lowest BCUT2D eigenvalue weighted by atomic mass is 10.1. The first-order valence-corrected chi connectivity index (χ1v) is 7.57. The molecule has 2 atom stereocenters. The first-order chi connectivity index (χ1) is 8.16. The van der Waals surface area contributed by atoms with Crippen molar-refractivity contribution >= 4 is 11.8 Å². The minimum atomic E-state index is 0.186. The molecular weight excluding hydrogens is 230 g/mol. The molecule has 0 radical (unpaired) electrons. The fourth-order valence-corrected chi connectivity index (χ4v) is 3.99. The van der Waals surface area contributed by atoms with E-state index >= 15 is 0 Å². The van der Waals surface area contributed by atoms with Gasteiger partial charge in [-0.2, -0.15) is 16.9 Å². The molecule has 0 spiro atoms. The quantitative estimate of drug-likeness (QED) is 0.877. The number of nitrogens with zero attached hydrogens (tertiary/aromatic N) is 2. The Kier molecular flexibility index (Phi) is 4.51. The molecule has 2 rings (SSSR count). The zero-order valence-corrected chi connectivity index (χ0v) is 11.6. The summed E-state index contributed by atoms with van der Waals surface area (Å²) in [5.41, 5.74) is 7.37. The molecule has 1 aromatic heterocycles. The number of aryl methyl sites for hydroxylation is 1. The van der Waals surface area contributed by atoms with Gasteiger partial charge >= 0.3 is 0 Å². The third kappa shape index (κ3) is 3.49. The number of hydrogen-bond donors (Lipinski definition) is 1. The van der Waals surface area contributed by atoms with Crippen molar-refractivity contribution in [2.45, 2.75) is 43.9 Å². The lowest BCUT2D eigenvalue weighted by molar-refractivity contribution is 0.618. The second kappa shape index (κ2) is 5.91. The number of nitrogens with two attached hydrogens (primary N) is 1. The van der Waals surface area contributed by atoms with E-state index < -0.39 is 0 Å². The van der Waals surface area contributed by atoms with Crippen LogP contribution in [0.15, 0.2) is 12.4 Å². The molecule has 0 amide bonds. The molecule has 2 unspecified atom stereocenters. The van der Waals surface area contributed by atoms with E-state index in [1.807, 2.05) is 29.7 Å². The molecule has 1 aromatic rings. The van der Waals surface area contributed by atoms with Crippen molar-refractivity contribution in [3.63, 3.8) is 0 Å². The van der Waals surface area contributed by atoms with E-state index in [-0.39, 0.29) is 6.04 Å². The van der Waals surface area contributed by atoms with Gasteiger partial charge in [0, 0.05) is 30.1 Å². The molecule has 1 aliphatic carbocycles. The summed E-state index contributed by atoms with van der Waals surface area (Å²) >= 11 is 2.01. The molecule has 17 heavy (non-hydrogen) atoms. The maximum atomic E-state index is 6.10. The van der Waals surface area contributed by atoms with Crippen LogP contribution < -0.4 is 5.73 Å². The lowest BCUT2D eigenvalue weighted by Crippen LogP contribution is -2.23. The predicted octanol–water partition coefficient (Wildman–Crippen LogP) is 2.73. The van der Waals surface area contributed by atoms with Gasteiger partial charge in [0.25, 0.3) is 0 Å². The van der Waals surface area contributed by atoms with Gasteiger partial charge in [0.15, 0.2) is 0 Å². The molecule has 4 heteroatoms. The molecule has 2 N–H and O–H groups in total. The molecule has 0 aliphatic heterocycles. The van der Waals surface area contributed by atoms with Crippen LogP contribution in [0, 0.1) is 5.92 Å². The monoisotopic (exact) mass is 253 g/mol. The van der Waals surface area contributed by atoms with Crippen molar-refractivity contribution in [3.05, 3.63) is 18.0 Å². The topological polar surface area (TPSA) is 43.8 Å². The summed E-state index contributed by atoms with van der Waals surface area (Å²) < 4.78 is 1.86. The van der Waals surface area contributed by atoms with Gasteiger partial charge in [-0.15, -0.1) is 0 Å². The average Bonchev–Trinajstić information content (AvgIpc) is 2.90. The Labute approximate surface area is 108 Å². The normalized spacial score (nSPS) is 20.6. The second-order valence-corrected chi connectivity index (χ2v) is 6.39. The van der Waals surface area contributed by atoms with E-state index in [0.717, 1.165) is 5.92 Å². The highest BCUT2D eigenvalue weighted by Gasteiger charge is 2.22. The molecular formula is C13H23N3S. The Morgan fingerprint density at radius 1 is 1.53 bits per heavy atom. The lowest BCUT2D eigenvalue weighted by Gasteiger charge is -2.20. The molecule has 0 bridgehead atoms. The van der Waals surface area contributed by atoms with Crippen molar-refractivity contribution in [3.8, 4) is 0 Å². The minimum Gasteiger partial charge on any atom is -0.327 e. The van der Waals surface area contributed by atoms with Gasteiger partial charge in [0.2, 0.25) is 0 Å². The fourth-order valence-electron chi connectivity index (χ4n) is 2.56. The Morgan fingerprint density at radius 2 is 2.24 bits per heavy atom. The van der Waals surface area contributed by atoms with Crippen molar-refractivity contribution in [1.29, 1.82) is 0 Å². The number of aromatic nitrogens is 2. The molecule has 1 fully saturated rings. The van der Waals surface area contributed by atoms with E-state index in [0.29, 0.717) is 5.25 Å². The average molecular weight is 253 g/mol. The van der Waals surface area contributed by atoms with E-state index in [4.69, 9.17) is 5.73 Å². The van der Waals surface area contributed by atoms with Crippen molar-refractivity contribution in [2.24, 2.45) is 18.7 Å². The van der Waals surface area contributed by atoms with Gasteiger partial charge in [0.05, 0.1) is 6.20 Å². The van der Waals surface area contributed by atoms with Crippen LogP contribution in [0.5, 0.6) is 0 Å². The Balaban J connectivity index is 1.92. The molecule has 3 nitrogen and oxygen atoms in total. The van der Waals surface area contributed by atoms with Gasteiger partial charge < -0.3 is 5.73 Å². The van der Waals surface area contributed by atoms with Crippen LogP contribution in [0.2, 0.25) is 0 Å². The molecule has 96 valence electrons. The number of rotatable bonds is 5. The Hall–Kier alpha value is -0.480. The first kappa shape index (κ1) is 13.0. The summed E-state index contributed by atoms with van der Waals surface area (Å²) in [6, 6.07) is 0.186. The number of hydrogen-bond acceptors (Lipinski definition) is 3. The van der Waals surface area contributed by atoms with E-state index in [9.17, 15) is 0 Å². The van der Waals surface area contributed by atoms with Crippen LogP contribution in [0.25, 0.3) is 0 Å². The SMILES string of the molecule is CC(N)C(SCC1CCCC1)c1cnn(C)c1. The van der Waals surface area contributed by atoms with Crippen molar-refractivity contribution < 1.29 is 0 Å². The van der Waals surface area contributed by atoms with Crippen molar-refractivity contribution in [2.75, 3.05) is 5.75 Å². The smallest absolute Gasteiger partial charge is 0.0533 e. The van der Waals surface area contributed by atoms with E-state index in [1.54, 1.807) is 0 Å². The van der Waals surface area contributed by atoms with Crippen LogP contribution in [0.1, 0.15) is 43.4 Å². The molecule has 1 heterocycles. The van der Waals surface area contributed by atoms with Crippen LogP contribution in [0.4, 0.5) is 0 Å². The highest BCUT2D eigenvalue weighted by molar-refractivity contribution is 7.99. The standard InChI is InChI=1S/C13H23N3S/c1-10(14)13(12-7-15-16(2)8-12)17-9-11-5-3-4-6-11/h7-8,10-11,13H,3-6,9,14H2,1-2H3. The molecule has 1 saturated carbocycles. The second-order valence-electron chi connectivity index (χ2n) is 5.21. The fraction of sp³-hybridized carbons (Fsp3) is 0.769. The Bertz CT molecular complexity index is 342. The van der Waals surface area contributed by atoms with E-state index in [1.165, 1.54) is 37.0 Å². The van der Waals surface area contributed by atoms with Crippen LogP contribution in [-0.4, -0.2) is 21.6 Å². The third-order valence-corrected chi connectivity index (χ3v) is 5.24. The zero-order chi connectivity index (χ0) is 12.3. The summed E-state index contributed by atoms with van der Waals surface area (Å²) in [6.45, 7) is 2.10. The van der Waals surface area contributed by atoms with Gasteiger partial charge in [-0.3, -0.25) is 4.68 Å². The first-order valence-electron chi connectivity index (χ1n) is 6.52. The van der Waals surface area contributed by atoms with E-state index in [2.05, 4.69) is 18.2 Å². The van der Waals surface area contributed by atoms with Crippen molar-refractivity contribution in [1.82, 2.24) is 9.78 Å². The largest absolute Gasteiger partial charge is 0.327 e. The van der Waals surface area contributed by atoms with Gasteiger partial charge in [-0.25, -0.2) is 0 Å². The van der Waals surface area contributed by atoms with Gasteiger partial charge in [-0.1, -0.05) is 12.8 Å². The molecule has 0 saturated heterocycles. The van der Waals surface area contributed by atoms with Crippen LogP contribution in [0.3, 0.4) is 0 Å². The maximum absolute atomic E-state index is 6.10. The highest BCUT2D eigenvalue weighted by Crippen LogP contribution is 2.36. The van der Waals surface area contributed by atoms with Gasteiger partial charge in [0.1, 0.15) is 0 Å². The molecule has 1 aliphatic rings. The predicted molar refractivity (Wildman–Crippen MR) is 74.0 cm³/mol. The molecule has 0 aromatic carbocycles. The zero-order valence-electron chi connectivity index (χ0n) is 10.8. The van der Waals surface area contributed by atoms with Gasteiger partial charge in [-0.05, 0) is 31.4 Å². The van der Waals surface area contributed by atoms with Crippen LogP contribution >= 0.6 is 11.8 Å². The summed E-state index contributed by atoms with van der Waals surface area (Å²) in [5.74, 6) is 2.17. The van der Waals surface area contributed by atoms with Crippen LogP contribution in [-0.2, 0) is 7.05 Å². The minimum absolute atomic E-state index is 0.186. The summed E-state index contributed by atoms with van der Waals surface area (Å²) in [7, 11) is 1.96. The summed E-state index contributed by atoms with van der Waals surface area (Å²) in [5, 5.41) is 4.64. The summed E-state index contributed by atoms with van der Waals surface area (Å²) in [6.07, 6.45) is 9.70. The highest BCUT2D eigenvalue weighted by atomic mass is 32.2. The number of thioether (sulfide) groups is 1. The summed E-state index contributed by atoms with van der Waals surface area (Å²) in [4.78, 5) is 0. The third-order valence-electron chi connectivity index (χ3n) is 3.52.